The Labute approximate surface area is 158 Å². The van der Waals surface area contributed by atoms with Crippen molar-refractivity contribution in [2.75, 3.05) is 18.1 Å². The molecule has 0 aliphatic carbocycles. The fourth-order valence-corrected chi connectivity index (χ4v) is 2.95. The first-order chi connectivity index (χ1) is 12.5. The molecule has 3 rings (SSSR count). The van der Waals surface area contributed by atoms with Gasteiger partial charge in [-0.1, -0.05) is 41.9 Å². The van der Waals surface area contributed by atoms with Crippen LogP contribution in [0.1, 0.15) is 17.0 Å². The number of para-hydroxylation sites is 1. The van der Waals surface area contributed by atoms with Crippen molar-refractivity contribution in [3.05, 3.63) is 70.5 Å². The van der Waals surface area contributed by atoms with Gasteiger partial charge in [-0.25, -0.2) is 0 Å². The van der Waals surface area contributed by atoms with Crippen LogP contribution in [0, 0.1) is 6.92 Å². The predicted molar refractivity (Wildman–Crippen MR) is 104 cm³/mol. The first kappa shape index (κ1) is 18.1. The van der Waals surface area contributed by atoms with Crippen molar-refractivity contribution in [1.82, 2.24) is 15.0 Å². The summed E-state index contributed by atoms with van der Waals surface area (Å²) in [5.41, 5.74) is 9.09. The van der Waals surface area contributed by atoms with E-state index < -0.39 is 0 Å². The van der Waals surface area contributed by atoms with Crippen molar-refractivity contribution in [2.24, 2.45) is 0 Å². The van der Waals surface area contributed by atoms with Gasteiger partial charge in [0, 0.05) is 16.3 Å². The molecule has 0 saturated heterocycles. The molecule has 0 spiro atoms. The number of benzene rings is 2. The van der Waals surface area contributed by atoms with Crippen LogP contribution in [-0.4, -0.2) is 22.0 Å². The van der Waals surface area contributed by atoms with Gasteiger partial charge in [0.15, 0.2) is 5.82 Å². The highest BCUT2D eigenvalue weighted by atomic mass is 35.5. The Morgan fingerprint density at radius 2 is 1.85 bits per heavy atom. The molecule has 4 N–H and O–H groups in total. The van der Waals surface area contributed by atoms with Crippen LogP contribution in [0.2, 0.25) is 5.02 Å². The highest BCUT2D eigenvalue weighted by Crippen LogP contribution is 2.17. The van der Waals surface area contributed by atoms with E-state index in [1.54, 1.807) is 0 Å². The largest absolute Gasteiger partial charge is 0.368 e. The number of rotatable bonds is 6. The molecule has 0 saturated carbocycles. The van der Waals surface area contributed by atoms with E-state index in [2.05, 4.69) is 33.4 Å². The minimum atomic E-state index is 0.210. The maximum absolute atomic E-state index is 6.05. The summed E-state index contributed by atoms with van der Waals surface area (Å²) in [6.45, 7) is 3.46. The van der Waals surface area contributed by atoms with Crippen LogP contribution in [0.15, 0.2) is 48.5 Å². The van der Waals surface area contributed by atoms with E-state index >= 15 is 0 Å². The molecule has 26 heavy (non-hydrogen) atoms. The Kier molecular flexibility index (Phi) is 5.65. The van der Waals surface area contributed by atoms with Crippen LogP contribution < -0.4 is 16.0 Å². The molecule has 0 aliphatic rings. The number of nitrogens with one attached hydrogen (secondary N) is 2. The summed E-state index contributed by atoms with van der Waals surface area (Å²) in [7, 11) is 2.08. The SMILES string of the molecule is Cc1ccccc1Nc1nc(N)nc(C[NH+](C)Cc2cccc(Cl)c2)n1. The second kappa shape index (κ2) is 8.12. The number of hydrogen-bond donors (Lipinski definition) is 3. The van der Waals surface area contributed by atoms with Crippen molar-refractivity contribution in [3.63, 3.8) is 0 Å². The molecular formula is C19H22ClN6+. The van der Waals surface area contributed by atoms with Crippen molar-refractivity contribution >= 4 is 29.2 Å². The van der Waals surface area contributed by atoms with Crippen LogP contribution in [0.5, 0.6) is 0 Å². The summed E-state index contributed by atoms with van der Waals surface area (Å²) >= 11 is 6.05. The van der Waals surface area contributed by atoms with Gasteiger partial charge in [0.05, 0.1) is 7.05 Å². The molecule has 1 heterocycles. The molecule has 3 aromatic rings. The molecular weight excluding hydrogens is 348 g/mol. The molecule has 1 aromatic heterocycles. The fourth-order valence-electron chi connectivity index (χ4n) is 2.73. The quantitative estimate of drug-likeness (QED) is 0.621. The number of aryl methyl sites for hydroxylation is 1. The van der Waals surface area contributed by atoms with Gasteiger partial charge in [0.2, 0.25) is 11.9 Å². The van der Waals surface area contributed by atoms with E-state index in [9.17, 15) is 0 Å². The maximum atomic E-state index is 6.05. The summed E-state index contributed by atoms with van der Waals surface area (Å²) in [6.07, 6.45) is 0. The van der Waals surface area contributed by atoms with Crippen LogP contribution in [0.3, 0.4) is 0 Å². The Hall–Kier alpha value is -2.70. The average Bonchev–Trinajstić information content (AvgIpc) is 2.56. The second-order valence-corrected chi connectivity index (χ2v) is 6.75. The highest BCUT2D eigenvalue weighted by molar-refractivity contribution is 6.30. The lowest BCUT2D eigenvalue weighted by Gasteiger charge is -2.14. The van der Waals surface area contributed by atoms with E-state index in [1.165, 1.54) is 4.90 Å². The van der Waals surface area contributed by atoms with Gasteiger partial charge >= 0.3 is 0 Å². The number of aromatic nitrogens is 3. The minimum Gasteiger partial charge on any atom is -0.368 e. The summed E-state index contributed by atoms with van der Waals surface area (Å²) in [6, 6.07) is 15.8. The molecule has 0 radical (unpaired) electrons. The lowest BCUT2D eigenvalue weighted by molar-refractivity contribution is -0.908. The van der Waals surface area contributed by atoms with Gasteiger partial charge < -0.3 is 16.0 Å². The molecule has 2 aromatic carbocycles. The average molecular weight is 370 g/mol. The number of nitrogen functional groups attached to an aromatic ring is 1. The number of anilines is 3. The number of halogens is 1. The predicted octanol–water partition coefficient (Wildman–Crippen LogP) is 2.37. The fraction of sp³-hybridized carbons (Fsp3) is 0.211. The summed E-state index contributed by atoms with van der Waals surface area (Å²) in [5, 5.41) is 3.96. The van der Waals surface area contributed by atoms with Crippen LogP contribution in [-0.2, 0) is 13.1 Å². The minimum absolute atomic E-state index is 0.210. The standard InChI is InChI=1S/C19H21ClN6/c1-13-6-3-4-9-16(13)22-19-24-17(23-18(21)25-19)12-26(2)11-14-7-5-8-15(20)10-14/h3-10H,11-12H2,1-2H3,(H3,21,22,23,24,25)/p+1. The van der Waals surface area contributed by atoms with Crippen molar-refractivity contribution in [3.8, 4) is 0 Å². The van der Waals surface area contributed by atoms with E-state index in [0.29, 0.717) is 18.3 Å². The zero-order valence-corrected chi connectivity index (χ0v) is 15.6. The lowest BCUT2D eigenvalue weighted by Crippen LogP contribution is -3.06. The van der Waals surface area contributed by atoms with Crippen LogP contribution in [0.25, 0.3) is 0 Å². The van der Waals surface area contributed by atoms with Gasteiger partial charge in [-0.15, -0.1) is 0 Å². The Morgan fingerprint density at radius 1 is 1.04 bits per heavy atom. The topological polar surface area (TPSA) is 81.2 Å². The number of quaternary nitrogens is 1. The van der Waals surface area contributed by atoms with Gasteiger partial charge in [-0.3, -0.25) is 0 Å². The summed E-state index contributed by atoms with van der Waals surface area (Å²) in [4.78, 5) is 14.2. The molecule has 0 bridgehead atoms. The number of nitrogens with two attached hydrogens (primary N) is 1. The molecule has 0 amide bonds. The van der Waals surface area contributed by atoms with Gasteiger partial charge in [-0.05, 0) is 30.7 Å². The molecule has 6 nitrogen and oxygen atoms in total. The normalized spacial score (nSPS) is 12.0. The maximum Gasteiger partial charge on any atom is 0.232 e. The van der Waals surface area contributed by atoms with Gasteiger partial charge in [-0.2, -0.15) is 15.0 Å². The molecule has 1 atom stereocenters. The number of nitrogens with zero attached hydrogens (tertiary/aromatic N) is 3. The van der Waals surface area contributed by atoms with E-state index in [-0.39, 0.29) is 5.95 Å². The first-order valence-corrected chi connectivity index (χ1v) is 8.76. The van der Waals surface area contributed by atoms with Crippen LogP contribution in [0.4, 0.5) is 17.6 Å². The molecule has 0 aliphatic heterocycles. The molecule has 7 heteroatoms. The van der Waals surface area contributed by atoms with Crippen molar-refractivity contribution < 1.29 is 4.90 Å². The molecule has 134 valence electrons. The Morgan fingerprint density at radius 3 is 2.62 bits per heavy atom. The third kappa shape index (κ3) is 4.91. The monoisotopic (exact) mass is 369 g/mol. The zero-order valence-electron chi connectivity index (χ0n) is 14.8. The Balaban J connectivity index is 1.72. The highest BCUT2D eigenvalue weighted by Gasteiger charge is 2.11. The smallest absolute Gasteiger partial charge is 0.232 e. The molecule has 0 fully saturated rings. The lowest BCUT2D eigenvalue weighted by atomic mass is 10.2. The van der Waals surface area contributed by atoms with Gasteiger partial charge in [0.25, 0.3) is 0 Å². The third-order valence-electron chi connectivity index (χ3n) is 3.95. The zero-order chi connectivity index (χ0) is 18.5. The third-order valence-corrected chi connectivity index (χ3v) is 4.18. The molecule has 1 unspecified atom stereocenters. The van der Waals surface area contributed by atoms with E-state index in [0.717, 1.165) is 28.4 Å². The van der Waals surface area contributed by atoms with Gasteiger partial charge in [0.1, 0.15) is 13.1 Å². The van der Waals surface area contributed by atoms with E-state index in [4.69, 9.17) is 17.3 Å². The second-order valence-electron chi connectivity index (χ2n) is 6.31. The summed E-state index contributed by atoms with van der Waals surface area (Å²) in [5.74, 6) is 1.31. The Bertz CT molecular complexity index is 899. The first-order valence-electron chi connectivity index (χ1n) is 8.38. The summed E-state index contributed by atoms with van der Waals surface area (Å²) < 4.78 is 0. The number of hydrogen-bond acceptors (Lipinski definition) is 5. The van der Waals surface area contributed by atoms with E-state index in [1.807, 2.05) is 49.4 Å². The van der Waals surface area contributed by atoms with Crippen molar-refractivity contribution in [2.45, 2.75) is 20.0 Å². The van der Waals surface area contributed by atoms with Crippen molar-refractivity contribution in [1.29, 1.82) is 0 Å². The van der Waals surface area contributed by atoms with Crippen LogP contribution >= 0.6 is 11.6 Å².